The van der Waals surface area contributed by atoms with E-state index in [1.54, 1.807) is 20.0 Å². The van der Waals surface area contributed by atoms with Crippen molar-refractivity contribution in [3.63, 3.8) is 0 Å². The Hall–Kier alpha value is -1.85. The van der Waals surface area contributed by atoms with Gasteiger partial charge in [0, 0.05) is 12.7 Å². The summed E-state index contributed by atoms with van der Waals surface area (Å²) < 4.78 is 6.50. The third-order valence-electron chi connectivity index (χ3n) is 2.53. The van der Waals surface area contributed by atoms with Crippen LogP contribution in [-0.2, 0) is 16.6 Å². The van der Waals surface area contributed by atoms with Crippen LogP contribution >= 0.6 is 0 Å². The van der Waals surface area contributed by atoms with Crippen LogP contribution in [0.4, 0.5) is 0 Å². The van der Waals surface area contributed by atoms with Crippen molar-refractivity contribution >= 4 is 11.9 Å². The Labute approximate surface area is 106 Å². The SMILES string of the molecule is Cc1cc(C(=O)O[C@H](CC(C)C)C(=O)O)nn1C. The Morgan fingerprint density at radius 1 is 1.50 bits per heavy atom. The molecule has 0 spiro atoms. The van der Waals surface area contributed by atoms with Crippen LogP contribution in [0.3, 0.4) is 0 Å². The highest BCUT2D eigenvalue weighted by molar-refractivity contribution is 5.89. The number of hydrogen-bond donors (Lipinski definition) is 1. The Morgan fingerprint density at radius 3 is 2.50 bits per heavy atom. The van der Waals surface area contributed by atoms with E-state index in [0.717, 1.165) is 5.69 Å². The Morgan fingerprint density at radius 2 is 2.11 bits per heavy atom. The number of esters is 1. The molecule has 6 nitrogen and oxygen atoms in total. The molecule has 0 aliphatic heterocycles. The van der Waals surface area contributed by atoms with Gasteiger partial charge in [0.05, 0.1) is 0 Å². The number of ether oxygens (including phenoxy) is 1. The zero-order valence-corrected chi connectivity index (χ0v) is 11.0. The molecule has 0 aliphatic rings. The number of carboxylic acids is 1. The molecule has 1 aromatic rings. The Bertz CT molecular complexity index is 431. The summed E-state index contributed by atoms with van der Waals surface area (Å²) >= 11 is 0. The summed E-state index contributed by atoms with van der Waals surface area (Å²) in [7, 11) is 1.70. The molecule has 6 heteroatoms. The van der Waals surface area contributed by atoms with E-state index in [1.165, 1.54) is 4.68 Å². The number of rotatable bonds is 5. The average Bonchev–Trinajstić information content (AvgIpc) is 2.57. The number of hydrogen-bond acceptors (Lipinski definition) is 4. The molecule has 1 aromatic heterocycles. The molecule has 100 valence electrons. The fraction of sp³-hybridized carbons (Fsp3) is 0.583. The highest BCUT2D eigenvalue weighted by Gasteiger charge is 2.25. The van der Waals surface area contributed by atoms with Gasteiger partial charge in [0.15, 0.2) is 11.8 Å². The lowest BCUT2D eigenvalue weighted by atomic mass is 10.1. The molecule has 0 unspecified atom stereocenters. The van der Waals surface area contributed by atoms with Crippen molar-refractivity contribution in [2.24, 2.45) is 13.0 Å². The predicted octanol–water partition coefficient (Wildman–Crippen LogP) is 1.38. The van der Waals surface area contributed by atoms with E-state index in [2.05, 4.69) is 5.10 Å². The largest absolute Gasteiger partial charge is 0.479 e. The van der Waals surface area contributed by atoms with Gasteiger partial charge in [-0.1, -0.05) is 13.8 Å². The van der Waals surface area contributed by atoms with Gasteiger partial charge >= 0.3 is 11.9 Å². The zero-order valence-electron chi connectivity index (χ0n) is 11.0. The van der Waals surface area contributed by atoms with Crippen molar-refractivity contribution in [3.8, 4) is 0 Å². The Kier molecular flexibility index (Phi) is 4.47. The summed E-state index contributed by atoms with van der Waals surface area (Å²) in [6.45, 7) is 5.54. The molecule has 0 aliphatic carbocycles. The lowest BCUT2D eigenvalue weighted by Crippen LogP contribution is -2.28. The lowest BCUT2D eigenvalue weighted by Gasteiger charge is -2.14. The van der Waals surface area contributed by atoms with E-state index in [1.807, 2.05) is 13.8 Å². The smallest absolute Gasteiger partial charge is 0.359 e. The standard InChI is InChI=1S/C12H18N2O4/c1-7(2)5-10(11(15)16)18-12(17)9-6-8(3)14(4)13-9/h6-7,10H,5H2,1-4H3,(H,15,16)/t10-/m1/s1. The van der Waals surface area contributed by atoms with E-state index in [4.69, 9.17) is 9.84 Å². The number of aliphatic carboxylic acids is 1. The number of aryl methyl sites for hydroxylation is 2. The minimum atomic E-state index is -1.13. The van der Waals surface area contributed by atoms with Gasteiger partial charge in [0.25, 0.3) is 0 Å². The zero-order chi connectivity index (χ0) is 13.9. The van der Waals surface area contributed by atoms with Crippen LogP contribution in [0.5, 0.6) is 0 Å². The highest BCUT2D eigenvalue weighted by Crippen LogP contribution is 2.12. The van der Waals surface area contributed by atoms with Crippen LogP contribution in [0, 0.1) is 12.8 Å². The molecule has 0 saturated carbocycles. The minimum Gasteiger partial charge on any atom is -0.479 e. The molecular formula is C12H18N2O4. The molecule has 1 heterocycles. The first-order valence-electron chi connectivity index (χ1n) is 5.75. The van der Waals surface area contributed by atoms with Crippen molar-refractivity contribution < 1.29 is 19.4 Å². The van der Waals surface area contributed by atoms with Crippen molar-refractivity contribution in [2.75, 3.05) is 0 Å². The topological polar surface area (TPSA) is 81.4 Å². The first-order valence-corrected chi connectivity index (χ1v) is 5.75. The highest BCUT2D eigenvalue weighted by atomic mass is 16.6. The van der Waals surface area contributed by atoms with Gasteiger partial charge in [-0.15, -0.1) is 0 Å². The summed E-state index contributed by atoms with van der Waals surface area (Å²) in [4.78, 5) is 22.7. The second-order valence-corrected chi connectivity index (χ2v) is 4.66. The Balaban J connectivity index is 2.75. The molecule has 1 rings (SSSR count). The van der Waals surface area contributed by atoms with Crippen LogP contribution in [-0.4, -0.2) is 32.9 Å². The van der Waals surface area contributed by atoms with Gasteiger partial charge in [-0.25, -0.2) is 9.59 Å². The van der Waals surface area contributed by atoms with Gasteiger partial charge < -0.3 is 9.84 Å². The predicted molar refractivity (Wildman–Crippen MR) is 64.2 cm³/mol. The van der Waals surface area contributed by atoms with Crippen LogP contribution in [0.1, 0.15) is 36.5 Å². The van der Waals surface area contributed by atoms with E-state index < -0.39 is 18.0 Å². The molecular weight excluding hydrogens is 236 g/mol. The fourth-order valence-electron chi connectivity index (χ4n) is 1.48. The summed E-state index contributed by atoms with van der Waals surface area (Å²) in [6.07, 6.45) is -0.841. The molecule has 0 bridgehead atoms. The summed E-state index contributed by atoms with van der Waals surface area (Å²) in [5.41, 5.74) is 0.933. The van der Waals surface area contributed by atoms with Gasteiger partial charge in [-0.3, -0.25) is 4.68 Å². The molecule has 1 N–H and O–H groups in total. The maximum atomic E-state index is 11.7. The van der Waals surface area contributed by atoms with Gasteiger partial charge in [-0.05, 0) is 25.3 Å². The molecule has 0 radical (unpaired) electrons. The van der Waals surface area contributed by atoms with Crippen molar-refractivity contribution in [1.82, 2.24) is 9.78 Å². The van der Waals surface area contributed by atoms with E-state index in [-0.39, 0.29) is 18.0 Å². The molecule has 0 amide bonds. The van der Waals surface area contributed by atoms with Crippen LogP contribution in [0.15, 0.2) is 6.07 Å². The summed E-state index contributed by atoms with van der Waals surface area (Å²) in [5, 5.41) is 12.9. The number of nitrogens with zero attached hydrogens (tertiary/aromatic N) is 2. The molecule has 0 saturated heterocycles. The quantitative estimate of drug-likeness (QED) is 0.803. The van der Waals surface area contributed by atoms with Crippen molar-refractivity contribution in [3.05, 3.63) is 17.5 Å². The lowest BCUT2D eigenvalue weighted by molar-refractivity contribution is -0.148. The minimum absolute atomic E-state index is 0.129. The molecule has 0 aromatic carbocycles. The van der Waals surface area contributed by atoms with E-state index in [9.17, 15) is 9.59 Å². The first kappa shape index (κ1) is 14.2. The molecule has 18 heavy (non-hydrogen) atoms. The number of carbonyl (C=O) groups is 2. The van der Waals surface area contributed by atoms with Crippen LogP contribution in [0.25, 0.3) is 0 Å². The van der Waals surface area contributed by atoms with Gasteiger partial charge in [0.1, 0.15) is 0 Å². The third kappa shape index (κ3) is 3.58. The van der Waals surface area contributed by atoms with E-state index >= 15 is 0 Å². The second kappa shape index (κ2) is 5.66. The van der Waals surface area contributed by atoms with E-state index in [0.29, 0.717) is 0 Å². The monoisotopic (exact) mass is 254 g/mol. The summed E-state index contributed by atoms with van der Waals surface area (Å²) in [6, 6.07) is 1.57. The molecule has 0 fully saturated rings. The average molecular weight is 254 g/mol. The maximum Gasteiger partial charge on any atom is 0.359 e. The van der Waals surface area contributed by atoms with Crippen LogP contribution in [0.2, 0.25) is 0 Å². The fourth-order valence-corrected chi connectivity index (χ4v) is 1.48. The number of carbonyl (C=O) groups excluding carboxylic acids is 1. The van der Waals surface area contributed by atoms with Crippen molar-refractivity contribution in [2.45, 2.75) is 33.3 Å². The van der Waals surface area contributed by atoms with Crippen molar-refractivity contribution in [1.29, 1.82) is 0 Å². The normalized spacial score (nSPS) is 12.5. The van der Waals surface area contributed by atoms with Gasteiger partial charge in [0.2, 0.25) is 0 Å². The number of carboxylic acid groups (broad SMARTS) is 1. The molecule has 1 atom stereocenters. The summed E-state index contributed by atoms with van der Waals surface area (Å²) in [5.74, 6) is -1.71. The van der Waals surface area contributed by atoms with Crippen LogP contribution < -0.4 is 0 Å². The first-order chi connectivity index (χ1) is 8.31. The second-order valence-electron chi connectivity index (χ2n) is 4.66. The number of aromatic nitrogens is 2. The maximum absolute atomic E-state index is 11.7. The third-order valence-corrected chi connectivity index (χ3v) is 2.53. The van der Waals surface area contributed by atoms with Gasteiger partial charge in [-0.2, -0.15) is 5.10 Å².